The van der Waals surface area contributed by atoms with E-state index in [9.17, 15) is 0 Å². The van der Waals surface area contributed by atoms with E-state index in [1.807, 2.05) is 0 Å². The lowest BCUT2D eigenvalue weighted by atomic mass is 10.2. The molecule has 1 fully saturated rings. The quantitative estimate of drug-likeness (QED) is 0.791. The van der Waals surface area contributed by atoms with E-state index >= 15 is 0 Å². The Labute approximate surface area is 141 Å². The van der Waals surface area contributed by atoms with Crippen molar-refractivity contribution in [2.75, 3.05) is 38.2 Å². The highest BCUT2D eigenvalue weighted by atomic mass is 16.5. The van der Waals surface area contributed by atoms with E-state index in [2.05, 4.69) is 43.8 Å². The molecule has 130 valence electrons. The summed E-state index contributed by atoms with van der Waals surface area (Å²) in [5, 5.41) is 4.05. The Kier molecular flexibility index (Phi) is 5.24. The summed E-state index contributed by atoms with van der Waals surface area (Å²) in [5.74, 6) is 2.79. The van der Waals surface area contributed by atoms with Gasteiger partial charge in [-0.2, -0.15) is 9.97 Å². The van der Waals surface area contributed by atoms with Crippen molar-refractivity contribution in [3.8, 4) is 5.88 Å². The SMILES string of the molecule is CCCc1noc(C(C)N2CCN(c3nccc(OC)n3)CC2)n1. The third-order valence-electron chi connectivity index (χ3n) is 4.29. The largest absolute Gasteiger partial charge is 0.481 e. The number of rotatable bonds is 6. The maximum atomic E-state index is 5.42. The molecule has 0 N–H and O–H groups in total. The summed E-state index contributed by atoms with van der Waals surface area (Å²) < 4.78 is 10.6. The summed E-state index contributed by atoms with van der Waals surface area (Å²) in [6.45, 7) is 7.72. The molecule has 3 rings (SSSR count). The van der Waals surface area contributed by atoms with Crippen LogP contribution >= 0.6 is 0 Å². The average Bonchev–Trinajstić information content (AvgIpc) is 3.10. The van der Waals surface area contributed by atoms with E-state index in [1.165, 1.54) is 0 Å². The number of aromatic nitrogens is 4. The Hall–Kier alpha value is -2.22. The number of nitrogens with zero attached hydrogens (tertiary/aromatic N) is 6. The van der Waals surface area contributed by atoms with Crippen LogP contribution in [0.3, 0.4) is 0 Å². The zero-order chi connectivity index (χ0) is 16.9. The van der Waals surface area contributed by atoms with Gasteiger partial charge in [0.25, 0.3) is 0 Å². The van der Waals surface area contributed by atoms with Crippen molar-refractivity contribution in [3.05, 3.63) is 24.0 Å². The maximum Gasteiger partial charge on any atom is 0.243 e. The molecule has 1 saturated heterocycles. The van der Waals surface area contributed by atoms with Crippen LogP contribution in [-0.4, -0.2) is 58.3 Å². The molecule has 8 heteroatoms. The molecule has 24 heavy (non-hydrogen) atoms. The molecule has 1 unspecified atom stereocenters. The summed E-state index contributed by atoms with van der Waals surface area (Å²) in [6.07, 6.45) is 3.60. The molecule has 0 amide bonds. The fourth-order valence-electron chi connectivity index (χ4n) is 2.83. The molecule has 0 aromatic carbocycles. The fourth-order valence-corrected chi connectivity index (χ4v) is 2.83. The standard InChI is InChI=1S/C16H24N6O2/c1-4-5-13-18-15(24-20-13)12(2)21-8-10-22(11-9-21)16-17-7-6-14(19-16)23-3/h6-7,12H,4-5,8-11H2,1-3H3. The van der Waals surface area contributed by atoms with E-state index in [0.717, 1.165) is 44.8 Å². The van der Waals surface area contributed by atoms with Gasteiger partial charge < -0.3 is 14.2 Å². The van der Waals surface area contributed by atoms with E-state index in [4.69, 9.17) is 9.26 Å². The molecule has 8 nitrogen and oxygen atoms in total. The molecule has 2 aromatic heterocycles. The van der Waals surface area contributed by atoms with Crippen LogP contribution in [0.25, 0.3) is 0 Å². The second-order valence-electron chi connectivity index (χ2n) is 5.90. The van der Waals surface area contributed by atoms with Crippen molar-refractivity contribution in [1.29, 1.82) is 0 Å². The van der Waals surface area contributed by atoms with Crippen molar-refractivity contribution < 1.29 is 9.26 Å². The summed E-state index contributed by atoms with van der Waals surface area (Å²) in [4.78, 5) is 17.8. The van der Waals surface area contributed by atoms with Crippen LogP contribution < -0.4 is 9.64 Å². The molecule has 0 aliphatic carbocycles. The Balaban J connectivity index is 1.59. The van der Waals surface area contributed by atoms with Crippen LogP contribution in [-0.2, 0) is 6.42 Å². The molecule has 0 radical (unpaired) electrons. The van der Waals surface area contributed by atoms with Crippen LogP contribution in [0.1, 0.15) is 38.0 Å². The van der Waals surface area contributed by atoms with Gasteiger partial charge in [0.05, 0.1) is 13.2 Å². The lowest BCUT2D eigenvalue weighted by molar-refractivity contribution is 0.163. The second-order valence-corrected chi connectivity index (χ2v) is 5.90. The third kappa shape index (κ3) is 3.64. The number of aryl methyl sites for hydroxylation is 1. The van der Waals surface area contributed by atoms with Gasteiger partial charge in [-0.15, -0.1) is 0 Å². The van der Waals surface area contributed by atoms with Crippen molar-refractivity contribution in [1.82, 2.24) is 25.0 Å². The van der Waals surface area contributed by atoms with Gasteiger partial charge >= 0.3 is 0 Å². The van der Waals surface area contributed by atoms with Gasteiger partial charge in [0.2, 0.25) is 17.7 Å². The Morgan fingerprint density at radius 3 is 2.75 bits per heavy atom. The van der Waals surface area contributed by atoms with Gasteiger partial charge in [0.15, 0.2) is 5.82 Å². The summed E-state index contributed by atoms with van der Waals surface area (Å²) >= 11 is 0. The summed E-state index contributed by atoms with van der Waals surface area (Å²) in [5.41, 5.74) is 0. The molecule has 0 saturated carbocycles. The predicted octanol–water partition coefficient (Wildman–Crippen LogP) is 1.70. The average molecular weight is 332 g/mol. The van der Waals surface area contributed by atoms with Gasteiger partial charge in [0, 0.05) is 44.9 Å². The molecule has 1 aliphatic rings. The number of hydrogen-bond acceptors (Lipinski definition) is 8. The van der Waals surface area contributed by atoms with Crippen LogP contribution in [0.2, 0.25) is 0 Å². The topological polar surface area (TPSA) is 80.4 Å². The molecule has 0 spiro atoms. The Morgan fingerprint density at radius 2 is 2.04 bits per heavy atom. The molecule has 2 aromatic rings. The zero-order valence-corrected chi connectivity index (χ0v) is 14.5. The zero-order valence-electron chi connectivity index (χ0n) is 14.5. The highest BCUT2D eigenvalue weighted by Crippen LogP contribution is 2.22. The van der Waals surface area contributed by atoms with E-state index in [1.54, 1.807) is 19.4 Å². The smallest absolute Gasteiger partial charge is 0.243 e. The first-order valence-electron chi connectivity index (χ1n) is 8.39. The van der Waals surface area contributed by atoms with Gasteiger partial charge in [-0.25, -0.2) is 4.98 Å². The van der Waals surface area contributed by atoms with Gasteiger partial charge in [0.1, 0.15) is 0 Å². The minimum atomic E-state index is 0.122. The number of piperazine rings is 1. The predicted molar refractivity (Wildman–Crippen MR) is 89.1 cm³/mol. The van der Waals surface area contributed by atoms with Crippen LogP contribution in [0.15, 0.2) is 16.8 Å². The lowest BCUT2D eigenvalue weighted by Gasteiger charge is -2.36. The van der Waals surface area contributed by atoms with Crippen molar-refractivity contribution >= 4 is 5.95 Å². The fraction of sp³-hybridized carbons (Fsp3) is 0.625. The summed E-state index contributed by atoms with van der Waals surface area (Å²) in [6, 6.07) is 1.88. The van der Waals surface area contributed by atoms with E-state index in [0.29, 0.717) is 17.7 Å². The number of hydrogen-bond donors (Lipinski definition) is 0. The van der Waals surface area contributed by atoms with Crippen LogP contribution in [0, 0.1) is 0 Å². The highest BCUT2D eigenvalue weighted by Gasteiger charge is 2.26. The molecule has 1 aliphatic heterocycles. The van der Waals surface area contributed by atoms with Gasteiger partial charge in [-0.3, -0.25) is 4.90 Å². The van der Waals surface area contributed by atoms with Gasteiger partial charge in [-0.05, 0) is 13.3 Å². The molecule has 1 atom stereocenters. The number of methoxy groups -OCH3 is 1. The molecular weight excluding hydrogens is 308 g/mol. The van der Waals surface area contributed by atoms with Crippen LogP contribution in [0.4, 0.5) is 5.95 Å². The number of anilines is 1. The molecular formula is C16H24N6O2. The minimum Gasteiger partial charge on any atom is -0.481 e. The van der Waals surface area contributed by atoms with Crippen molar-refractivity contribution in [2.45, 2.75) is 32.7 Å². The Morgan fingerprint density at radius 1 is 1.25 bits per heavy atom. The number of ether oxygens (including phenoxy) is 1. The molecule has 3 heterocycles. The normalized spacial score (nSPS) is 17.0. The first kappa shape index (κ1) is 16.6. The maximum absolute atomic E-state index is 5.42. The van der Waals surface area contributed by atoms with E-state index in [-0.39, 0.29) is 6.04 Å². The third-order valence-corrected chi connectivity index (χ3v) is 4.29. The van der Waals surface area contributed by atoms with Gasteiger partial charge in [-0.1, -0.05) is 12.1 Å². The second kappa shape index (κ2) is 7.57. The lowest BCUT2D eigenvalue weighted by Crippen LogP contribution is -2.47. The van der Waals surface area contributed by atoms with Crippen molar-refractivity contribution in [3.63, 3.8) is 0 Å². The molecule has 0 bridgehead atoms. The summed E-state index contributed by atoms with van der Waals surface area (Å²) in [7, 11) is 1.61. The first-order valence-corrected chi connectivity index (χ1v) is 8.39. The van der Waals surface area contributed by atoms with Crippen LogP contribution in [0.5, 0.6) is 5.88 Å². The van der Waals surface area contributed by atoms with E-state index < -0.39 is 0 Å². The first-order chi connectivity index (χ1) is 11.7. The minimum absolute atomic E-state index is 0.122. The Bertz CT molecular complexity index is 654. The van der Waals surface area contributed by atoms with Crippen molar-refractivity contribution in [2.24, 2.45) is 0 Å². The highest BCUT2D eigenvalue weighted by molar-refractivity contribution is 5.32. The monoisotopic (exact) mass is 332 g/mol.